The maximum absolute atomic E-state index is 8.94. The molecule has 0 aliphatic heterocycles. The van der Waals surface area contributed by atoms with E-state index in [1.54, 1.807) is 18.3 Å². The van der Waals surface area contributed by atoms with Gasteiger partial charge in [0, 0.05) is 24.1 Å². The van der Waals surface area contributed by atoms with Gasteiger partial charge in [-0.05, 0) is 48.0 Å². The minimum atomic E-state index is 0.501. The first-order valence-corrected chi connectivity index (χ1v) is 9.28. The molecule has 1 aromatic heterocycles. The lowest BCUT2D eigenvalue weighted by Crippen LogP contribution is -2.18. The van der Waals surface area contributed by atoms with Gasteiger partial charge in [0.25, 0.3) is 0 Å². The third-order valence-corrected chi connectivity index (χ3v) is 4.44. The van der Waals surface area contributed by atoms with Gasteiger partial charge in [-0.3, -0.25) is 0 Å². The van der Waals surface area contributed by atoms with E-state index in [2.05, 4.69) is 45.5 Å². The molecule has 0 spiro atoms. The molecular weight excluding hydrogens is 358 g/mol. The second kappa shape index (κ2) is 8.68. The Morgan fingerprint density at radius 3 is 2.21 bits per heavy atom. The first-order chi connectivity index (χ1) is 14.3. The molecule has 0 saturated carbocycles. The van der Waals surface area contributed by atoms with Crippen LogP contribution >= 0.6 is 0 Å². The lowest BCUT2D eigenvalue weighted by molar-refractivity contribution is 0.940. The highest BCUT2D eigenvalue weighted by Gasteiger charge is 2.12. The van der Waals surface area contributed by atoms with Crippen molar-refractivity contribution in [3.05, 3.63) is 108 Å². The van der Waals surface area contributed by atoms with Crippen LogP contribution in [0.4, 0.5) is 23.1 Å². The number of aromatic nitrogens is 2. The maximum atomic E-state index is 8.94. The van der Waals surface area contributed by atoms with Gasteiger partial charge in [-0.1, -0.05) is 48.5 Å². The summed E-state index contributed by atoms with van der Waals surface area (Å²) in [6, 6.07) is 31.7. The third kappa shape index (κ3) is 4.57. The van der Waals surface area contributed by atoms with Crippen LogP contribution in [0.5, 0.6) is 0 Å². The third-order valence-electron chi connectivity index (χ3n) is 4.44. The van der Waals surface area contributed by atoms with Crippen LogP contribution in [-0.4, -0.2) is 9.97 Å². The van der Waals surface area contributed by atoms with Crippen molar-refractivity contribution < 1.29 is 0 Å². The molecule has 29 heavy (non-hydrogen) atoms. The van der Waals surface area contributed by atoms with E-state index in [9.17, 15) is 0 Å². The van der Waals surface area contributed by atoms with Crippen LogP contribution in [0.2, 0.25) is 0 Å². The van der Waals surface area contributed by atoms with E-state index in [1.807, 2.05) is 54.6 Å². The van der Waals surface area contributed by atoms with E-state index >= 15 is 0 Å². The van der Waals surface area contributed by atoms with Crippen LogP contribution in [-0.2, 0) is 6.54 Å². The van der Waals surface area contributed by atoms with Crippen molar-refractivity contribution >= 4 is 23.1 Å². The molecule has 1 N–H and O–H groups in total. The molecular formula is C24H19N5. The van der Waals surface area contributed by atoms with Gasteiger partial charge >= 0.3 is 0 Å². The van der Waals surface area contributed by atoms with Crippen LogP contribution in [0.1, 0.15) is 11.1 Å². The Morgan fingerprint density at radius 1 is 0.828 bits per heavy atom. The number of nitrogens with one attached hydrogen (secondary N) is 1. The standard InChI is InChI=1S/C24H19N5/c25-17-19-11-13-21(14-12-19)27-24-26-16-15-23(28-24)29(22-9-5-2-6-10-22)18-20-7-3-1-4-8-20/h1-16H,18H2,(H,26,27,28). The summed E-state index contributed by atoms with van der Waals surface area (Å²) in [5.41, 5.74) is 3.69. The first kappa shape index (κ1) is 18.2. The van der Waals surface area contributed by atoms with Gasteiger partial charge in [0.1, 0.15) is 5.82 Å². The lowest BCUT2D eigenvalue weighted by atomic mass is 10.2. The van der Waals surface area contributed by atoms with E-state index in [0.717, 1.165) is 17.2 Å². The summed E-state index contributed by atoms with van der Waals surface area (Å²) in [6.45, 7) is 0.693. The molecule has 4 aromatic rings. The van der Waals surface area contributed by atoms with Crippen LogP contribution in [0.15, 0.2) is 97.2 Å². The second-order valence-electron chi connectivity index (χ2n) is 6.46. The summed E-state index contributed by atoms with van der Waals surface area (Å²) in [6.07, 6.45) is 1.75. The van der Waals surface area contributed by atoms with Crippen LogP contribution in [0.25, 0.3) is 0 Å². The van der Waals surface area contributed by atoms with Gasteiger partial charge in [0.05, 0.1) is 11.6 Å². The second-order valence-corrected chi connectivity index (χ2v) is 6.46. The Hall–Kier alpha value is -4.17. The number of nitrogens with zero attached hydrogens (tertiary/aromatic N) is 4. The number of hydrogen-bond donors (Lipinski definition) is 1. The Balaban J connectivity index is 1.64. The number of nitriles is 1. The Bertz CT molecular complexity index is 1100. The van der Waals surface area contributed by atoms with E-state index in [4.69, 9.17) is 10.2 Å². The van der Waals surface area contributed by atoms with Gasteiger partial charge in [-0.15, -0.1) is 0 Å². The van der Waals surface area contributed by atoms with Gasteiger partial charge < -0.3 is 10.2 Å². The number of para-hydroxylation sites is 1. The molecule has 140 valence electrons. The zero-order valence-corrected chi connectivity index (χ0v) is 15.7. The fraction of sp³-hybridized carbons (Fsp3) is 0.0417. The number of hydrogen-bond acceptors (Lipinski definition) is 5. The predicted molar refractivity (Wildman–Crippen MR) is 115 cm³/mol. The lowest BCUT2D eigenvalue weighted by Gasteiger charge is -2.24. The molecule has 0 atom stereocenters. The first-order valence-electron chi connectivity index (χ1n) is 9.28. The van der Waals surface area contributed by atoms with Crippen LogP contribution < -0.4 is 10.2 Å². The molecule has 1 heterocycles. The smallest absolute Gasteiger partial charge is 0.229 e. The molecule has 3 aromatic carbocycles. The SMILES string of the molecule is N#Cc1ccc(Nc2nccc(N(Cc3ccccc3)c3ccccc3)n2)cc1. The molecule has 0 bridgehead atoms. The monoisotopic (exact) mass is 377 g/mol. The Morgan fingerprint density at radius 2 is 1.52 bits per heavy atom. The summed E-state index contributed by atoms with van der Waals surface area (Å²) in [7, 11) is 0. The molecule has 5 nitrogen and oxygen atoms in total. The zero-order valence-electron chi connectivity index (χ0n) is 15.7. The Kier molecular flexibility index (Phi) is 5.45. The summed E-state index contributed by atoms with van der Waals surface area (Å²) >= 11 is 0. The van der Waals surface area contributed by atoms with E-state index in [-0.39, 0.29) is 0 Å². The summed E-state index contributed by atoms with van der Waals surface area (Å²) in [5, 5.41) is 12.2. The molecule has 0 fully saturated rings. The average molecular weight is 377 g/mol. The normalized spacial score (nSPS) is 10.2. The fourth-order valence-electron chi connectivity index (χ4n) is 3.00. The molecule has 5 heteroatoms. The Labute approximate surface area is 169 Å². The topological polar surface area (TPSA) is 64.8 Å². The van der Waals surface area contributed by atoms with Crippen molar-refractivity contribution in [1.29, 1.82) is 5.26 Å². The zero-order chi connectivity index (χ0) is 19.9. The largest absolute Gasteiger partial charge is 0.324 e. The van der Waals surface area contributed by atoms with E-state index in [0.29, 0.717) is 18.1 Å². The highest BCUT2D eigenvalue weighted by molar-refractivity contribution is 5.62. The molecule has 0 aliphatic carbocycles. The van der Waals surface area contributed by atoms with Gasteiger partial charge in [-0.25, -0.2) is 4.98 Å². The van der Waals surface area contributed by atoms with Crippen molar-refractivity contribution in [2.24, 2.45) is 0 Å². The highest BCUT2D eigenvalue weighted by atomic mass is 15.2. The van der Waals surface area contributed by atoms with Crippen molar-refractivity contribution in [1.82, 2.24) is 9.97 Å². The highest BCUT2D eigenvalue weighted by Crippen LogP contribution is 2.26. The van der Waals surface area contributed by atoms with Crippen molar-refractivity contribution in [2.45, 2.75) is 6.54 Å². The number of benzene rings is 3. The van der Waals surface area contributed by atoms with Crippen molar-refractivity contribution in [3.63, 3.8) is 0 Å². The van der Waals surface area contributed by atoms with Gasteiger partial charge in [0.15, 0.2) is 0 Å². The van der Waals surface area contributed by atoms with Gasteiger partial charge in [0.2, 0.25) is 5.95 Å². The summed E-state index contributed by atoms with van der Waals surface area (Å²) < 4.78 is 0. The molecule has 0 radical (unpaired) electrons. The van der Waals surface area contributed by atoms with Gasteiger partial charge in [-0.2, -0.15) is 10.2 Å². The molecule has 4 rings (SSSR count). The molecule has 0 unspecified atom stereocenters. The van der Waals surface area contributed by atoms with Crippen molar-refractivity contribution in [3.8, 4) is 6.07 Å². The van der Waals surface area contributed by atoms with Crippen LogP contribution in [0, 0.1) is 11.3 Å². The fourth-order valence-corrected chi connectivity index (χ4v) is 3.00. The van der Waals surface area contributed by atoms with Crippen LogP contribution in [0.3, 0.4) is 0 Å². The minimum Gasteiger partial charge on any atom is -0.324 e. The van der Waals surface area contributed by atoms with Crippen molar-refractivity contribution in [2.75, 3.05) is 10.2 Å². The summed E-state index contributed by atoms with van der Waals surface area (Å²) in [4.78, 5) is 11.2. The molecule has 0 amide bonds. The summed E-state index contributed by atoms with van der Waals surface area (Å²) in [5.74, 6) is 1.30. The quantitative estimate of drug-likeness (QED) is 0.485. The molecule has 0 saturated heterocycles. The average Bonchev–Trinajstić information content (AvgIpc) is 2.79. The number of rotatable bonds is 6. The molecule has 0 aliphatic rings. The van der Waals surface area contributed by atoms with E-state index in [1.165, 1.54) is 5.56 Å². The number of anilines is 4. The predicted octanol–water partition coefficient (Wildman–Crippen LogP) is 5.43. The van der Waals surface area contributed by atoms with E-state index < -0.39 is 0 Å². The minimum absolute atomic E-state index is 0.501. The maximum Gasteiger partial charge on any atom is 0.229 e.